The second kappa shape index (κ2) is 4.63. The lowest BCUT2D eigenvalue weighted by Gasteiger charge is -2.10. The number of imidazole rings is 1. The van der Waals surface area contributed by atoms with E-state index in [0.29, 0.717) is 5.95 Å². The first-order chi connectivity index (χ1) is 9.52. The number of rotatable bonds is 2. The number of fused-ring (bicyclic) bond motifs is 1. The monoisotopic (exact) mass is 333 g/mol. The van der Waals surface area contributed by atoms with Crippen LogP contribution in [0.3, 0.4) is 0 Å². The Hall–Kier alpha value is -1.82. The van der Waals surface area contributed by atoms with Crippen molar-refractivity contribution in [1.29, 1.82) is 0 Å². The Morgan fingerprint density at radius 3 is 2.80 bits per heavy atom. The van der Waals surface area contributed by atoms with Crippen molar-refractivity contribution in [1.82, 2.24) is 19.3 Å². The van der Waals surface area contributed by atoms with Crippen molar-refractivity contribution >= 4 is 33.0 Å². The lowest BCUT2D eigenvalue weighted by molar-refractivity contribution is 0.751. The van der Waals surface area contributed by atoms with Crippen LogP contribution in [0.2, 0.25) is 0 Å². The molecule has 20 heavy (non-hydrogen) atoms. The summed E-state index contributed by atoms with van der Waals surface area (Å²) in [6.07, 6.45) is 0.839. The zero-order valence-corrected chi connectivity index (χ0v) is 13.3. The molecule has 1 aromatic carbocycles. The highest BCUT2D eigenvalue weighted by molar-refractivity contribution is 9.10. The molecule has 3 rings (SSSR count). The number of anilines is 1. The molecule has 2 aromatic heterocycles. The van der Waals surface area contributed by atoms with Crippen molar-refractivity contribution in [3.05, 3.63) is 33.9 Å². The summed E-state index contributed by atoms with van der Waals surface area (Å²) < 4.78 is 4.82. The van der Waals surface area contributed by atoms with Crippen molar-refractivity contribution in [2.75, 3.05) is 5.73 Å². The maximum atomic E-state index is 6.14. The number of nitrogen functional groups attached to an aromatic ring is 1. The van der Waals surface area contributed by atoms with Gasteiger partial charge in [-0.3, -0.25) is 4.57 Å². The third-order valence-electron chi connectivity index (χ3n) is 3.48. The van der Waals surface area contributed by atoms with Gasteiger partial charge in [-0.2, -0.15) is 5.10 Å². The third-order valence-corrected chi connectivity index (χ3v) is 3.97. The molecule has 0 fully saturated rings. The topological polar surface area (TPSA) is 61.7 Å². The average molecular weight is 334 g/mol. The van der Waals surface area contributed by atoms with Gasteiger partial charge in [-0.15, -0.1) is 0 Å². The Balaban J connectivity index is 2.39. The molecular weight excluding hydrogens is 318 g/mol. The van der Waals surface area contributed by atoms with Crippen LogP contribution in [0.15, 0.2) is 22.7 Å². The molecule has 3 aromatic rings. The van der Waals surface area contributed by atoms with Gasteiger partial charge in [0.2, 0.25) is 5.95 Å². The second-order valence-corrected chi connectivity index (χ2v) is 5.75. The Morgan fingerprint density at radius 1 is 1.35 bits per heavy atom. The summed E-state index contributed by atoms with van der Waals surface area (Å²) in [6, 6.07) is 6.12. The van der Waals surface area contributed by atoms with Crippen molar-refractivity contribution in [3.8, 4) is 5.69 Å². The molecule has 6 heteroatoms. The normalized spacial score (nSPS) is 11.4. The van der Waals surface area contributed by atoms with Gasteiger partial charge in [0.05, 0.1) is 11.4 Å². The van der Waals surface area contributed by atoms with E-state index >= 15 is 0 Å². The molecule has 5 nitrogen and oxygen atoms in total. The summed E-state index contributed by atoms with van der Waals surface area (Å²) in [5.41, 5.74) is 11.1. The number of benzene rings is 1. The van der Waals surface area contributed by atoms with Gasteiger partial charge in [0, 0.05) is 11.5 Å². The van der Waals surface area contributed by atoms with Gasteiger partial charge >= 0.3 is 0 Å². The Morgan fingerprint density at radius 2 is 2.10 bits per heavy atom. The first kappa shape index (κ1) is 13.2. The minimum absolute atomic E-state index is 0.490. The molecule has 2 N–H and O–H groups in total. The van der Waals surface area contributed by atoms with Crippen LogP contribution < -0.4 is 5.73 Å². The van der Waals surface area contributed by atoms with E-state index in [4.69, 9.17) is 5.73 Å². The van der Waals surface area contributed by atoms with E-state index in [1.807, 2.05) is 28.4 Å². The van der Waals surface area contributed by atoms with Crippen LogP contribution in [-0.2, 0) is 13.5 Å². The lowest BCUT2D eigenvalue weighted by Crippen LogP contribution is -2.06. The number of halogens is 1. The molecule has 104 valence electrons. The molecule has 0 aliphatic carbocycles. The van der Waals surface area contributed by atoms with Gasteiger partial charge in [-0.1, -0.05) is 28.9 Å². The van der Waals surface area contributed by atoms with Gasteiger partial charge < -0.3 is 5.73 Å². The molecule has 0 aliphatic heterocycles. The fraction of sp³-hybridized carbons (Fsp3) is 0.286. The van der Waals surface area contributed by atoms with E-state index in [0.717, 1.165) is 39.0 Å². The van der Waals surface area contributed by atoms with E-state index in [1.54, 1.807) is 0 Å². The van der Waals surface area contributed by atoms with Crippen LogP contribution in [0.4, 0.5) is 5.95 Å². The smallest absolute Gasteiger partial charge is 0.207 e. The molecular formula is C14H16BrN5. The number of aryl methyl sites for hydroxylation is 3. The first-order valence-corrected chi connectivity index (χ1v) is 7.28. The molecule has 0 saturated heterocycles. The lowest BCUT2D eigenvalue weighted by atomic mass is 10.2. The Labute approximate surface area is 125 Å². The van der Waals surface area contributed by atoms with Crippen LogP contribution in [0.25, 0.3) is 16.9 Å². The van der Waals surface area contributed by atoms with Crippen LogP contribution >= 0.6 is 15.9 Å². The maximum Gasteiger partial charge on any atom is 0.207 e. The maximum absolute atomic E-state index is 6.14. The minimum atomic E-state index is 0.490. The molecule has 0 bridgehead atoms. The van der Waals surface area contributed by atoms with Gasteiger partial charge in [-0.05, 0) is 31.0 Å². The standard InChI is InChI=1S/C14H16BrN5/c1-4-10-12-13(19(3)18-10)20(14(16)17-12)11-7-9(15)6-5-8(11)2/h5-7H,4H2,1-3H3,(H2,16,17). The van der Waals surface area contributed by atoms with Gasteiger partial charge in [-0.25, -0.2) is 9.67 Å². The molecule has 0 radical (unpaired) electrons. The molecule has 0 amide bonds. The Bertz CT molecular complexity index is 800. The highest BCUT2D eigenvalue weighted by Gasteiger charge is 2.19. The van der Waals surface area contributed by atoms with E-state index in [-0.39, 0.29) is 0 Å². The second-order valence-electron chi connectivity index (χ2n) is 4.83. The first-order valence-electron chi connectivity index (χ1n) is 6.49. The van der Waals surface area contributed by atoms with Crippen LogP contribution in [0, 0.1) is 6.92 Å². The zero-order chi connectivity index (χ0) is 14.4. The van der Waals surface area contributed by atoms with E-state index in [1.165, 1.54) is 0 Å². The van der Waals surface area contributed by atoms with Crippen LogP contribution in [0.1, 0.15) is 18.2 Å². The Kier molecular flexibility index (Phi) is 3.05. The van der Waals surface area contributed by atoms with Crippen molar-refractivity contribution in [2.45, 2.75) is 20.3 Å². The SMILES string of the molecule is CCc1nn(C)c2c1nc(N)n2-c1cc(Br)ccc1C. The van der Waals surface area contributed by atoms with Crippen molar-refractivity contribution < 1.29 is 0 Å². The number of nitrogens with zero attached hydrogens (tertiary/aromatic N) is 4. The summed E-state index contributed by atoms with van der Waals surface area (Å²) in [7, 11) is 1.92. The molecule has 2 heterocycles. The van der Waals surface area contributed by atoms with Gasteiger partial charge in [0.15, 0.2) is 5.65 Å². The average Bonchev–Trinajstić information content (AvgIpc) is 2.90. The molecule has 0 saturated carbocycles. The predicted octanol–water partition coefficient (Wildman–Crippen LogP) is 2.97. The molecule has 0 atom stereocenters. The quantitative estimate of drug-likeness (QED) is 0.784. The third kappa shape index (κ3) is 1.83. The largest absolute Gasteiger partial charge is 0.369 e. The van der Waals surface area contributed by atoms with E-state index < -0.39 is 0 Å². The van der Waals surface area contributed by atoms with Crippen LogP contribution in [0.5, 0.6) is 0 Å². The zero-order valence-electron chi connectivity index (χ0n) is 11.7. The molecule has 0 unspecified atom stereocenters. The van der Waals surface area contributed by atoms with Gasteiger partial charge in [0.1, 0.15) is 5.52 Å². The number of aromatic nitrogens is 4. The highest BCUT2D eigenvalue weighted by Crippen LogP contribution is 2.28. The fourth-order valence-electron chi connectivity index (χ4n) is 2.50. The number of hydrogen-bond donors (Lipinski definition) is 1. The molecule has 0 spiro atoms. The number of hydrogen-bond acceptors (Lipinski definition) is 3. The highest BCUT2D eigenvalue weighted by atomic mass is 79.9. The summed E-state index contributed by atoms with van der Waals surface area (Å²) >= 11 is 3.51. The summed E-state index contributed by atoms with van der Waals surface area (Å²) in [4.78, 5) is 4.49. The summed E-state index contributed by atoms with van der Waals surface area (Å²) in [5.74, 6) is 0.490. The van der Waals surface area contributed by atoms with Crippen molar-refractivity contribution in [2.24, 2.45) is 7.05 Å². The summed E-state index contributed by atoms with van der Waals surface area (Å²) in [6.45, 7) is 4.13. The molecule has 0 aliphatic rings. The predicted molar refractivity (Wildman–Crippen MR) is 84.1 cm³/mol. The van der Waals surface area contributed by atoms with Gasteiger partial charge in [0.25, 0.3) is 0 Å². The van der Waals surface area contributed by atoms with E-state index in [2.05, 4.69) is 45.9 Å². The summed E-state index contributed by atoms with van der Waals surface area (Å²) in [5, 5.41) is 4.51. The van der Waals surface area contributed by atoms with Crippen molar-refractivity contribution in [3.63, 3.8) is 0 Å². The van der Waals surface area contributed by atoms with Crippen LogP contribution in [-0.4, -0.2) is 19.3 Å². The van der Waals surface area contributed by atoms with E-state index in [9.17, 15) is 0 Å². The fourth-order valence-corrected chi connectivity index (χ4v) is 2.84. The minimum Gasteiger partial charge on any atom is -0.369 e. The number of nitrogens with two attached hydrogens (primary N) is 1.